The first-order chi connectivity index (χ1) is 10.7. The summed E-state index contributed by atoms with van der Waals surface area (Å²) < 4.78 is 18.0. The number of rotatable bonds is 3. The van der Waals surface area contributed by atoms with Crippen LogP contribution in [0.15, 0.2) is 11.2 Å². The quantitative estimate of drug-likeness (QED) is 0.792. The highest BCUT2D eigenvalue weighted by Gasteiger charge is 2.33. The molecule has 23 heavy (non-hydrogen) atoms. The largest absolute Gasteiger partial charge is 0.444 e. The van der Waals surface area contributed by atoms with E-state index >= 15 is 0 Å². The first-order valence-corrected chi connectivity index (χ1v) is 9.18. The van der Waals surface area contributed by atoms with Crippen molar-refractivity contribution < 1.29 is 13.7 Å². The summed E-state index contributed by atoms with van der Waals surface area (Å²) >= 11 is 0. The van der Waals surface area contributed by atoms with Gasteiger partial charge in [-0.3, -0.25) is 4.21 Å². The molecule has 1 fully saturated rings. The second kappa shape index (κ2) is 6.95. The minimum Gasteiger partial charge on any atom is -0.444 e. The summed E-state index contributed by atoms with van der Waals surface area (Å²) in [6.45, 7) is 9.90. The molecule has 0 spiro atoms. The summed E-state index contributed by atoms with van der Waals surface area (Å²) in [6, 6.07) is 1.76. The Morgan fingerprint density at radius 1 is 1.35 bits per heavy atom. The van der Waals surface area contributed by atoms with Crippen molar-refractivity contribution in [3.8, 4) is 0 Å². The van der Waals surface area contributed by atoms with Crippen molar-refractivity contribution in [3.05, 3.63) is 17.5 Å². The van der Waals surface area contributed by atoms with E-state index < -0.39 is 16.4 Å². The molecular weight excluding hydrogens is 314 g/mol. The van der Waals surface area contributed by atoms with Crippen LogP contribution in [-0.2, 0) is 15.5 Å². The lowest BCUT2D eigenvalue weighted by atomic mass is 10.2. The van der Waals surface area contributed by atoms with Crippen molar-refractivity contribution in [2.75, 3.05) is 12.3 Å². The highest BCUT2D eigenvalue weighted by Crippen LogP contribution is 2.22. The van der Waals surface area contributed by atoms with Crippen molar-refractivity contribution in [2.45, 2.75) is 64.3 Å². The van der Waals surface area contributed by atoms with Crippen molar-refractivity contribution in [3.63, 3.8) is 0 Å². The Hall–Kier alpha value is -1.50. The van der Waals surface area contributed by atoms with E-state index in [-0.39, 0.29) is 12.1 Å². The van der Waals surface area contributed by atoms with Gasteiger partial charge in [-0.05, 0) is 53.5 Å². The molecule has 2 atom stereocenters. The summed E-state index contributed by atoms with van der Waals surface area (Å²) in [7, 11) is -1.33. The number of hydrogen-bond acceptors (Lipinski definition) is 5. The molecular formula is C16H25N3O3S. The Kier molecular flexibility index (Phi) is 5.39. The van der Waals surface area contributed by atoms with Crippen LogP contribution in [0.5, 0.6) is 0 Å². The molecule has 128 valence electrons. The third-order valence-corrected chi connectivity index (χ3v) is 4.79. The molecule has 1 saturated heterocycles. The lowest BCUT2D eigenvalue weighted by Crippen LogP contribution is -2.42. The molecule has 1 amide bonds. The van der Waals surface area contributed by atoms with Crippen molar-refractivity contribution in [1.82, 2.24) is 14.9 Å². The number of carbonyl (C=O) groups is 1. The van der Waals surface area contributed by atoms with Gasteiger partial charge in [0, 0.05) is 24.0 Å². The van der Waals surface area contributed by atoms with E-state index in [1.165, 1.54) is 0 Å². The van der Waals surface area contributed by atoms with Crippen LogP contribution in [0.1, 0.15) is 45.0 Å². The minimum absolute atomic E-state index is 0.0879. The van der Waals surface area contributed by atoms with Crippen LogP contribution in [0, 0.1) is 13.8 Å². The van der Waals surface area contributed by atoms with Gasteiger partial charge in [0.2, 0.25) is 5.16 Å². The molecule has 0 aliphatic carbocycles. The Morgan fingerprint density at radius 3 is 2.52 bits per heavy atom. The zero-order valence-corrected chi connectivity index (χ0v) is 15.3. The predicted octanol–water partition coefficient (Wildman–Crippen LogP) is 2.60. The Balaban J connectivity index is 2.06. The van der Waals surface area contributed by atoms with Gasteiger partial charge >= 0.3 is 6.09 Å². The third-order valence-electron chi connectivity index (χ3n) is 3.51. The Morgan fingerprint density at radius 2 is 1.96 bits per heavy atom. The van der Waals surface area contributed by atoms with E-state index in [2.05, 4.69) is 9.97 Å². The van der Waals surface area contributed by atoms with Crippen LogP contribution in [0.2, 0.25) is 0 Å². The first-order valence-electron chi connectivity index (χ1n) is 7.86. The molecule has 1 aromatic heterocycles. The molecule has 0 N–H and O–H groups in total. The number of nitrogens with zero attached hydrogens (tertiary/aromatic N) is 3. The van der Waals surface area contributed by atoms with Gasteiger partial charge in [-0.2, -0.15) is 0 Å². The van der Waals surface area contributed by atoms with Crippen LogP contribution < -0.4 is 0 Å². The second-order valence-electron chi connectivity index (χ2n) is 6.92. The number of amides is 1. The maximum atomic E-state index is 12.6. The third kappa shape index (κ3) is 4.99. The highest BCUT2D eigenvalue weighted by molar-refractivity contribution is 7.84. The number of aryl methyl sites for hydroxylation is 2. The zero-order valence-electron chi connectivity index (χ0n) is 14.5. The van der Waals surface area contributed by atoms with Crippen LogP contribution in [0.25, 0.3) is 0 Å². The summed E-state index contributed by atoms with van der Waals surface area (Å²) in [5.74, 6) is 0.349. The topological polar surface area (TPSA) is 72.4 Å². The van der Waals surface area contributed by atoms with Gasteiger partial charge < -0.3 is 9.64 Å². The van der Waals surface area contributed by atoms with E-state index in [1.807, 2.05) is 40.7 Å². The fraction of sp³-hybridized carbons (Fsp3) is 0.688. The van der Waals surface area contributed by atoms with Gasteiger partial charge in [0.05, 0.1) is 16.6 Å². The first kappa shape index (κ1) is 17.8. The number of hydrogen-bond donors (Lipinski definition) is 0. The maximum Gasteiger partial charge on any atom is 0.410 e. The summed E-state index contributed by atoms with van der Waals surface area (Å²) in [5, 5.41) is 0.346. The monoisotopic (exact) mass is 339 g/mol. The number of carbonyl (C=O) groups excluding carboxylic acids is 1. The van der Waals surface area contributed by atoms with Crippen LogP contribution in [0.4, 0.5) is 4.79 Å². The van der Waals surface area contributed by atoms with Gasteiger partial charge in [-0.25, -0.2) is 14.8 Å². The fourth-order valence-electron chi connectivity index (χ4n) is 2.61. The van der Waals surface area contributed by atoms with Gasteiger partial charge in [-0.15, -0.1) is 0 Å². The molecule has 0 radical (unpaired) electrons. The smallest absolute Gasteiger partial charge is 0.410 e. The van der Waals surface area contributed by atoms with Crippen LogP contribution in [-0.4, -0.2) is 49.1 Å². The van der Waals surface area contributed by atoms with E-state index in [0.717, 1.165) is 24.2 Å². The van der Waals surface area contributed by atoms with E-state index in [4.69, 9.17) is 4.74 Å². The number of ether oxygens (including phenoxy) is 1. The molecule has 0 unspecified atom stereocenters. The molecule has 1 aliphatic heterocycles. The maximum absolute atomic E-state index is 12.6. The number of likely N-dealkylation sites (tertiary alicyclic amines) is 1. The van der Waals surface area contributed by atoms with Gasteiger partial charge in [0.15, 0.2) is 0 Å². The van der Waals surface area contributed by atoms with Crippen molar-refractivity contribution in [1.29, 1.82) is 0 Å². The van der Waals surface area contributed by atoms with Gasteiger partial charge in [-0.1, -0.05) is 0 Å². The average Bonchev–Trinajstić information content (AvgIpc) is 2.83. The number of aromatic nitrogens is 2. The van der Waals surface area contributed by atoms with Gasteiger partial charge in [0.25, 0.3) is 0 Å². The summed E-state index contributed by atoms with van der Waals surface area (Å²) in [4.78, 5) is 22.5. The molecule has 1 aliphatic rings. The molecule has 0 saturated carbocycles. The standard InChI is InChI=1S/C16H25N3O3S/c1-11-9-12(2)18-14(17-11)23(21)10-13-7-6-8-19(13)15(20)22-16(3,4)5/h9,13H,6-8,10H2,1-5H3/t13-,23+/m1/s1. The van der Waals surface area contributed by atoms with Crippen LogP contribution >= 0.6 is 0 Å². The molecule has 2 rings (SSSR count). The lowest BCUT2D eigenvalue weighted by molar-refractivity contribution is 0.0241. The average molecular weight is 339 g/mol. The molecule has 0 bridgehead atoms. The highest BCUT2D eigenvalue weighted by atomic mass is 32.2. The normalized spacial score (nSPS) is 19.7. The molecule has 7 heteroatoms. The molecule has 1 aromatic rings. The minimum atomic E-state index is -1.33. The zero-order chi connectivity index (χ0) is 17.2. The molecule has 0 aromatic carbocycles. The lowest BCUT2D eigenvalue weighted by Gasteiger charge is -2.28. The van der Waals surface area contributed by atoms with Crippen molar-refractivity contribution >= 4 is 16.9 Å². The van der Waals surface area contributed by atoms with E-state index in [0.29, 0.717) is 17.5 Å². The van der Waals surface area contributed by atoms with E-state index in [1.54, 1.807) is 4.90 Å². The molecule has 2 heterocycles. The predicted molar refractivity (Wildman–Crippen MR) is 88.7 cm³/mol. The fourth-order valence-corrected chi connectivity index (χ4v) is 3.95. The second-order valence-corrected chi connectivity index (χ2v) is 8.30. The summed E-state index contributed by atoms with van der Waals surface area (Å²) in [6.07, 6.45) is 1.39. The van der Waals surface area contributed by atoms with Gasteiger partial charge in [0.1, 0.15) is 5.60 Å². The Labute approximate surface area is 140 Å². The van der Waals surface area contributed by atoms with E-state index in [9.17, 15) is 9.00 Å². The summed E-state index contributed by atoms with van der Waals surface area (Å²) in [5.41, 5.74) is 1.08. The SMILES string of the molecule is Cc1cc(C)nc([S@@](=O)C[C@H]2CCCN2C(=O)OC(C)(C)C)n1. The molecule has 6 nitrogen and oxygen atoms in total. The van der Waals surface area contributed by atoms with Crippen LogP contribution in [0.3, 0.4) is 0 Å². The Bertz CT molecular complexity index is 593. The van der Waals surface area contributed by atoms with Crippen molar-refractivity contribution in [2.24, 2.45) is 0 Å².